The molecule has 0 atom stereocenters. The maximum atomic E-state index is 12.4. The molecule has 1 aromatic heterocycles. The number of allylic oxidation sites excluding steroid dienone is 2. The Hall–Kier alpha value is -1.08. The minimum absolute atomic E-state index is 0.176. The van der Waals surface area contributed by atoms with Gasteiger partial charge in [0.1, 0.15) is 0 Å². The van der Waals surface area contributed by atoms with Gasteiger partial charge in [0.05, 0.1) is 5.75 Å². The average Bonchev–Trinajstić information content (AvgIpc) is 3.14. The summed E-state index contributed by atoms with van der Waals surface area (Å²) in [6, 6.07) is 0. The van der Waals surface area contributed by atoms with Crippen LogP contribution in [0.1, 0.15) is 39.5 Å². The van der Waals surface area contributed by atoms with Crippen LogP contribution in [0.25, 0.3) is 0 Å². The number of rotatable bonds is 8. The van der Waals surface area contributed by atoms with Gasteiger partial charge in [0.2, 0.25) is 11.0 Å². The molecule has 1 amide bonds. The van der Waals surface area contributed by atoms with Crippen LogP contribution in [0.3, 0.4) is 0 Å². The first-order valence-corrected chi connectivity index (χ1v) is 9.24. The lowest BCUT2D eigenvalue weighted by Gasteiger charge is -2.23. The molecular weight excluding hydrogens is 304 g/mol. The summed E-state index contributed by atoms with van der Waals surface area (Å²) >= 11 is 2.98. The third-order valence-corrected chi connectivity index (χ3v) is 5.16. The number of hydrogen-bond acceptors (Lipinski definition) is 6. The van der Waals surface area contributed by atoms with E-state index in [2.05, 4.69) is 28.5 Å². The molecule has 0 radical (unpaired) electrons. The normalized spacial score (nSPS) is 14.1. The van der Waals surface area contributed by atoms with Gasteiger partial charge in [0.15, 0.2) is 4.34 Å². The fourth-order valence-electron chi connectivity index (χ4n) is 2.24. The number of amides is 1. The van der Waals surface area contributed by atoms with E-state index >= 15 is 0 Å². The molecule has 0 bridgehead atoms. The molecule has 7 heteroatoms. The van der Waals surface area contributed by atoms with Gasteiger partial charge in [-0.2, -0.15) is 0 Å². The minimum atomic E-state index is 0.176. The first-order valence-electron chi connectivity index (χ1n) is 7.44. The molecule has 0 saturated heterocycles. The van der Waals surface area contributed by atoms with Crippen LogP contribution < -0.4 is 5.32 Å². The number of nitrogens with zero attached hydrogens (tertiary/aromatic N) is 3. The average molecular weight is 326 g/mol. The van der Waals surface area contributed by atoms with E-state index in [1.54, 1.807) is 0 Å². The van der Waals surface area contributed by atoms with Crippen molar-refractivity contribution in [1.82, 2.24) is 15.1 Å². The summed E-state index contributed by atoms with van der Waals surface area (Å²) in [6.45, 7) is 5.77. The summed E-state index contributed by atoms with van der Waals surface area (Å²) in [7, 11) is 0. The first-order chi connectivity index (χ1) is 10.2. The highest BCUT2D eigenvalue weighted by Crippen LogP contribution is 2.27. The molecule has 1 aliphatic rings. The molecule has 0 aliphatic heterocycles. The SMILES string of the molecule is CCCN(C(=O)CSc1nnc(NCC)s1)C1=CCCC1. The van der Waals surface area contributed by atoms with Gasteiger partial charge in [-0.1, -0.05) is 36.1 Å². The van der Waals surface area contributed by atoms with Gasteiger partial charge in [0.25, 0.3) is 0 Å². The van der Waals surface area contributed by atoms with Crippen LogP contribution in [-0.2, 0) is 4.79 Å². The van der Waals surface area contributed by atoms with E-state index < -0.39 is 0 Å². The molecule has 0 fully saturated rings. The summed E-state index contributed by atoms with van der Waals surface area (Å²) in [4.78, 5) is 14.4. The molecule has 5 nitrogen and oxygen atoms in total. The zero-order valence-electron chi connectivity index (χ0n) is 12.6. The largest absolute Gasteiger partial charge is 0.360 e. The number of hydrogen-bond donors (Lipinski definition) is 1. The van der Waals surface area contributed by atoms with Gasteiger partial charge < -0.3 is 10.2 Å². The molecule has 116 valence electrons. The van der Waals surface area contributed by atoms with Crippen molar-refractivity contribution in [2.75, 3.05) is 24.2 Å². The lowest BCUT2D eigenvalue weighted by Crippen LogP contribution is -2.32. The molecule has 1 aromatic rings. The van der Waals surface area contributed by atoms with Gasteiger partial charge >= 0.3 is 0 Å². The highest BCUT2D eigenvalue weighted by Gasteiger charge is 2.20. The Kier molecular flexibility index (Phi) is 6.50. The number of nitrogens with one attached hydrogen (secondary N) is 1. The second-order valence-electron chi connectivity index (χ2n) is 4.83. The van der Waals surface area contributed by atoms with Crippen molar-refractivity contribution in [1.29, 1.82) is 0 Å². The van der Waals surface area contributed by atoms with Crippen LogP contribution >= 0.6 is 23.1 Å². The molecule has 0 aromatic carbocycles. The molecule has 0 saturated carbocycles. The van der Waals surface area contributed by atoms with E-state index in [0.717, 1.165) is 41.8 Å². The van der Waals surface area contributed by atoms with Crippen molar-refractivity contribution >= 4 is 34.1 Å². The van der Waals surface area contributed by atoms with Crippen LogP contribution in [0.2, 0.25) is 0 Å². The lowest BCUT2D eigenvalue weighted by molar-refractivity contribution is -0.126. The molecule has 1 heterocycles. The number of carbonyl (C=O) groups is 1. The third-order valence-electron chi connectivity index (χ3n) is 3.17. The van der Waals surface area contributed by atoms with Crippen LogP contribution in [0.4, 0.5) is 5.13 Å². The Labute approximate surface area is 134 Å². The summed E-state index contributed by atoms with van der Waals surface area (Å²) in [5, 5.41) is 12.1. The summed E-state index contributed by atoms with van der Waals surface area (Å²) in [6.07, 6.45) is 6.47. The van der Waals surface area contributed by atoms with E-state index in [9.17, 15) is 4.79 Å². The van der Waals surface area contributed by atoms with E-state index in [1.165, 1.54) is 35.2 Å². The molecule has 21 heavy (non-hydrogen) atoms. The van der Waals surface area contributed by atoms with Crippen molar-refractivity contribution < 1.29 is 4.79 Å². The molecule has 1 N–H and O–H groups in total. The predicted octanol–water partition coefficient (Wildman–Crippen LogP) is 3.37. The monoisotopic (exact) mass is 326 g/mol. The van der Waals surface area contributed by atoms with Crippen molar-refractivity contribution in [3.63, 3.8) is 0 Å². The van der Waals surface area contributed by atoms with E-state index in [-0.39, 0.29) is 5.91 Å². The van der Waals surface area contributed by atoms with Crippen LogP contribution in [-0.4, -0.2) is 39.8 Å². The van der Waals surface area contributed by atoms with E-state index in [0.29, 0.717) is 5.75 Å². The van der Waals surface area contributed by atoms with Crippen LogP contribution in [0, 0.1) is 0 Å². The molecule has 0 unspecified atom stereocenters. The van der Waals surface area contributed by atoms with Gasteiger partial charge in [-0.25, -0.2) is 0 Å². The highest BCUT2D eigenvalue weighted by molar-refractivity contribution is 8.01. The maximum Gasteiger partial charge on any atom is 0.237 e. The molecule has 2 rings (SSSR count). The highest BCUT2D eigenvalue weighted by atomic mass is 32.2. The van der Waals surface area contributed by atoms with Gasteiger partial charge in [-0.3, -0.25) is 4.79 Å². The Morgan fingerprint density at radius 2 is 2.33 bits per heavy atom. The zero-order chi connectivity index (χ0) is 15.1. The Bertz CT molecular complexity index is 501. The zero-order valence-corrected chi connectivity index (χ0v) is 14.2. The Balaban J connectivity index is 1.88. The number of anilines is 1. The van der Waals surface area contributed by atoms with Crippen LogP contribution in [0.15, 0.2) is 16.1 Å². The number of thioether (sulfide) groups is 1. The summed E-state index contributed by atoms with van der Waals surface area (Å²) < 4.78 is 0.844. The molecule has 0 spiro atoms. The van der Waals surface area contributed by atoms with Gasteiger partial charge in [0, 0.05) is 18.8 Å². The van der Waals surface area contributed by atoms with Gasteiger partial charge in [-0.05, 0) is 32.6 Å². The lowest BCUT2D eigenvalue weighted by atomic mass is 10.3. The fourth-order valence-corrected chi connectivity index (χ4v) is 3.94. The Morgan fingerprint density at radius 3 is 3.00 bits per heavy atom. The molecular formula is C14H22N4OS2. The summed E-state index contributed by atoms with van der Waals surface area (Å²) in [5.74, 6) is 0.605. The van der Waals surface area contributed by atoms with Crippen molar-refractivity contribution in [2.45, 2.75) is 43.9 Å². The second-order valence-corrected chi connectivity index (χ2v) is 7.03. The minimum Gasteiger partial charge on any atom is -0.360 e. The van der Waals surface area contributed by atoms with E-state index in [4.69, 9.17) is 0 Å². The van der Waals surface area contributed by atoms with Crippen molar-refractivity contribution in [3.8, 4) is 0 Å². The quantitative estimate of drug-likeness (QED) is 0.742. The molecule has 1 aliphatic carbocycles. The fraction of sp³-hybridized carbons (Fsp3) is 0.643. The van der Waals surface area contributed by atoms with Crippen molar-refractivity contribution in [3.05, 3.63) is 11.8 Å². The second kappa shape index (κ2) is 8.38. The first kappa shape index (κ1) is 16.3. The van der Waals surface area contributed by atoms with Crippen molar-refractivity contribution in [2.24, 2.45) is 0 Å². The standard InChI is InChI=1S/C14H22N4OS2/c1-3-9-18(11-7-5-6-8-11)12(19)10-20-14-17-16-13(21-14)15-4-2/h7H,3-6,8-10H2,1-2H3,(H,15,16). The number of carbonyl (C=O) groups excluding carboxylic acids is 1. The topological polar surface area (TPSA) is 58.1 Å². The third kappa shape index (κ3) is 4.71. The van der Waals surface area contributed by atoms with Gasteiger partial charge in [-0.15, -0.1) is 10.2 Å². The van der Waals surface area contributed by atoms with E-state index in [1.807, 2.05) is 11.8 Å². The van der Waals surface area contributed by atoms with Crippen LogP contribution in [0.5, 0.6) is 0 Å². The summed E-state index contributed by atoms with van der Waals surface area (Å²) in [5.41, 5.74) is 1.20. The predicted molar refractivity (Wildman–Crippen MR) is 88.7 cm³/mol. The number of aromatic nitrogens is 2. The smallest absolute Gasteiger partial charge is 0.237 e. The Morgan fingerprint density at radius 1 is 1.48 bits per heavy atom. The maximum absolute atomic E-state index is 12.4.